The number of amides is 1. The second-order valence-electron chi connectivity index (χ2n) is 4.59. The Morgan fingerprint density at radius 1 is 1.27 bits per heavy atom. The Labute approximate surface area is 95.3 Å². The van der Waals surface area contributed by atoms with E-state index in [1.165, 1.54) is 0 Å². The fourth-order valence-corrected chi connectivity index (χ4v) is 0.986. The average Bonchev–Trinajstić information content (AvgIpc) is 1.99. The maximum Gasteiger partial charge on any atom is 0.408 e. The van der Waals surface area contributed by atoms with E-state index in [0.717, 1.165) is 0 Å². The Balaban J connectivity index is 4.45. The monoisotopic (exact) mass is 235 g/mol. The van der Waals surface area contributed by atoms with Gasteiger partial charge in [-0.3, -0.25) is 4.79 Å². The second kappa shape index (κ2) is 4.84. The summed E-state index contributed by atoms with van der Waals surface area (Å²) in [6.45, 7) is 8.57. The van der Waals surface area contributed by atoms with E-state index in [2.05, 4.69) is 5.32 Å². The fourth-order valence-electron chi connectivity index (χ4n) is 0.805. The van der Waals surface area contributed by atoms with E-state index in [1.54, 1.807) is 34.6 Å². The van der Waals surface area contributed by atoms with Gasteiger partial charge in [0.05, 0.1) is 0 Å². The molecule has 1 amide bonds. The van der Waals surface area contributed by atoms with Crippen molar-refractivity contribution in [3.05, 3.63) is 0 Å². The van der Waals surface area contributed by atoms with Crippen molar-refractivity contribution < 1.29 is 14.3 Å². The zero-order valence-electron chi connectivity index (χ0n) is 9.81. The van der Waals surface area contributed by atoms with Crippen molar-refractivity contribution in [1.29, 1.82) is 0 Å². The molecule has 5 heteroatoms. The molecule has 0 saturated carbocycles. The van der Waals surface area contributed by atoms with E-state index in [9.17, 15) is 9.59 Å². The van der Waals surface area contributed by atoms with Crippen molar-refractivity contribution in [1.82, 2.24) is 5.32 Å². The molecule has 0 aliphatic heterocycles. The maximum atomic E-state index is 11.4. The van der Waals surface area contributed by atoms with Crippen LogP contribution in [-0.4, -0.2) is 22.5 Å². The molecule has 88 valence electrons. The number of nitrogens with one attached hydrogen (secondary N) is 1. The van der Waals surface area contributed by atoms with Gasteiger partial charge >= 0.3 is 6.09 Å². The molecule has 0 aliphatic carbocycles. The summed E-state index contributed by atoms with van der Waals surface area (Å²) in [5.74, 6) is 0. The Morgan fingerprint density at radius 3 is 2.00 bits per heavy atom. The molecule has 0 saturated heterocycles. The molecule has 0 bridgehead atoms. The van der Waals surface area contributed by atoms with Crippen LogP contribution in [0.2, 0.25) is 0 Å². The molecule has 0 aromatic heterocycles. The summed E-state index contributed by atoms with van der Waals surface area (Å²) in [7, 11) is 0. The summed E-state index contributed by atoms with van der Waals surface area (Å²) in [6, 6.07) is 0. The molecule has 0 aromatic rings. The Kier molecular flexibility index (Phi) is 4.59. The lowest BCUT2D eigenvalue weighted by Gasteiger charge is -2.27. The minimum Gasteiger partial charge on any atom is -0.444 e. The third-order valence-electron chi connectivity index (χ3n) is 1.92. The number of hydrogen-bond donors (Lipinski definition) is 1. The molecule has 0 unspecified atom stereocenters. The number of carbonyl (C=O) groups is 2. The smallest absolute Gasteiger partial charge is 0.408 e. The van der Waals surface area contributed by atoms with Crippen LogP contribution in [0.5, 0.6) is 0 Å². The Morgan fingerprint density at radius 2 is 1.73 bits per heavy atom. The predicted molar refractivity (Wildman–Crippen MR) is 58.9 cm³/mol. The standard InChI is InChI=1S/C10H18ClNO3/c1-6-10(5,7(11)13)12-8(14)15-9(2,3)4/h6H2,1-5H3,(H,12,14)/t10-/m0/s1. The van der Waals surface area contributed by atoms with Crippen molar-refractivity contribution in [3.63, 3.8) is 0 Å². The van der Waals surface area contributed by atoms with Crippen LogP contribution in [0.4, 0.5) is 4.79 Å². The molecular weight excluding hydrogens is 218 g/mol. The summed E-state index contributed by atoms with van der Waals surface area (Å²) in [4.78, 5) is 22.5. The number of alkyl carbamates (subject to hydrolysis) is 1. The largest absolute Gasteiger partial charge is 0.444 e. The molecule has 0 radical (unpaired) electrons. The number of halogens is 1. The summed E-state index contributed by atoms with van der Waals surface area (Å²) in [5, 5.41) is 1.86. The Hall–Kier alpha value is -0.770. The average molecular weight is 236 g/mol. The van der Waals surface area contributed by atoms with E-state index >= 15 is 0 Å². The number of ether oxygens (including phenoxy) is 1. The van der Waals surface area contributed by atoms with Crippen molar-refractivity contribution in [2.24, 2.45) is 0 Å². The molecule has 15 heavy (non-hydrogen) atoms. The first kappa shape index (κ1) is 14.2. The van der Waals surface area contributed by atoms with Crippen molar-refractivity contribution in [2.45, 2.75) is 52.2 Å². The minimum atomic E-state index is -1.07. The highest BCUT2D eigenvalue weighted by Gasteiger charge is 2.33. The molecule has 1 N–H and O–H groups in total. The first-order valence-electron chi connectivity index (χ1n) is 4.82. The third kappa shape index (κ3) is 5.02. The van der Waals surface area contributed by atoms with Gasteiger partial charge < -0.3 is 10.1 Å². The number of carbonyl (C=O) groups excluding carboxylic acids is 2. The van der Waals surface area contributed by atoms with E-state index in [4.69, 9.17) is 16.3 Å². The number of hydrogen-bond acceptors (Lipinski definition) is 3. The normalized spacial score (nSPS) is 15.3. The van der Waals surface area contributed by atoms with Gasteiger partial charge in [-0.25, -0.2) is 4.79 Å². The van der Waals surface area contributed by atoms with E-state index < -0.39 is 22.5 Å². The maximum absolute atomic E-state index is 11.4. The highest BCUT2D eigenvalue weighted by molar-refractivity contribution is 6.65. The van der Waals surface area contributed by atoms with Gasteiger partial charge in [-0.05, 0) is 45.7 Å². The van der Waals surface area contributed by atoms with E-state index in [0.29, 0.717) is 6.42 Å². The topological polar surface area (TPSA) is 55.4 Å². The van der Waals surface area contributed by atoms with Gasteiger partial charge in [0.15, 0.2) is 0 Å². The van der Waals surface area contributed by atoms with Crippen LogP contribution in [0.25, 0.3) is 0 Å². The first-order valence-corrected chi connectivity index (χ1v) is 5.19. The van der Waals surface area contributed by atoms with E-state index in [1.807, 2.05) is 0 Å². The third-order valence-corrected chi connectivity index (χ3v) is 2.33. The number of rotatable bonds is 3. The molecule has 0 rings (SSSR count). The molecule has 0 aliphatic rings. The van der Waals surface area contributed by atoms with Gasteiger partial charge in [0, 0.05) is 0 Å². The van der Waals surface area contributed by atoms with Gasteiger partial charge in [-0.15, -0.1) is 0 Å². The summed E-state index contributed by atoms with van der Waals surface area (Å²) >= 11 is 5.39. The molecular formula is C10H18ClNO3. The van der Waals surface area contributed by atoms with Crippen molar-refractivity contribution in [3.8, 4) is 0 Å². The minimum absolute atomic E-state index is 0.411. The lowest BCUT2D eigenvalue weighted by atomic mass is 10.0. The lowest BCUT2D eigenvalue weighted by molar-refractivity contribution is -0.117. The van der Waals surface area contributed by atoms with E-state index in [-0.39, 0.29) is 0 Å². The summed E-state index contributed by atoms with van der Waals surface area (Å²) < 4.78 is 5.02. The quantitative estimate of drug-likeness (QED) is 0.765. The first-order chi connectivity index (χ1) is 6.60. The van der Waals surface area contributed by atoms with Crippen molar-refractivity contribution >= 4 is 22.9 Å². The zero-order valence-corrected chi connectivity index (χ0v) is 10.6. The van der Waals surface area contributed by atoms with Gasteiger partial charge in [-0.2, -0.15) is 0 Å². The van der Waals surface area contributed by atoms with Crippen LogP contribution < -0.4 is 5.32 Å². The van der Waals surface area contributed by atoms with Gasteiger partial charge in [0.1, 0.15) is 11.1 Å². The SMILES string of the molecule is CC[C@](C)(NC(=O)OC(C)(C)C)C(=O)Cl. The van der Waals surface area contributed by atoms with Crippen LogP contribution in [0.15, 0.2) is 0 Å². The lowest BCUT2D eigenvalue weighted by Crippen LogP contribution is -2.51. The van der Waals surface area contributed by atoms with Crippen molar-refractivity contribution in [2.75, 3.05) is 0 Å². The van der Waals surface area contributed by atoms with Crippen LogP contribution in [0.3, 0.4) is 0 Å². The van der Waals surface area contributed by atoms with Crippen LogP contribution in [0, 0.1) is 0 Å². The highest BCUT2D eigenvalue weighted by Crippen LogP contribution is 2.15. The predicted octanol–water partition coefficient (Wildman–Crippen LogP) is 2.45. The molecule has 4 nitrogen and oxygen atoms in total. The van der Waals surface area contributed by atoms with Gasteiger partial charge in [0.2, 0.25) is 5.24 Å². The molecule has 0 spiro atoms. The molecule has 0 fully saturated rings. The summed E-state index contributed by atoms with van der Waals surface area (Å²) in [6.07, 6.45) is -0.227. The molecule has 0 heterocycles. The van der Waals surface area contributed by atoms with Crippen LogP contribution in [-0.2, 0) is 9.53 Å². The molecule has 0 aromatic carbocycles. The van der Waals surface area contributed by atoms with Gasteiger partial charge in [-0.1, -0.05) is 6.92 Å². The van der Waals surface area contributed by atoms with Gasteiger partial charge in [0.25, 0.3) is 0 Å². The zero-order chi connectivity index (χ0) is 12.3. The van der Waals surface area contributed by atoms with Crippen LogP contribution in [0.1, 0.15) is 41.0 Å². The fraction of sp³-hybridized carbons (Fsp3) is 0.800. The highest BCUT2D eigenvalue weighted by atomic mass is 35.5. The summed E-state index contributed by atoms with van der Waals surface area (Å²) in [5.41, 5.74) is -1.65. The molecule has 1 atom stereocenters. The Bertz CT molecular complexity index is 260. The second-order valence-corrected chi connectivity index (χ2v) is 4.93. The van der Waals surface area contributed by atoms with Crippen LogP contribution >= 0.6 is 11.6 Å².